The van der Waals surface area contributed by atoms with Crippen molar-refractivity contribution in [1.29, 1.82) is 0 Å². The summed E-state index contributed by atoms with van der Waals surface area (Å²) in [4.78, 5) is 0. The molecule has 1 aliphatic carbocycles. The lowest BCUT2D eigenvalue weighted by Crippen LogP contribution is -2.13. The van der Waals surface area contributed by atoms with Crippen LogP contribution in [-0.2, 0) is 6.42 Å². The average Bonchev–Trinajstić information content (AvgIpc) is 2.59. The van der Waals surface area contributed by atoms with Gasteiger partial charge in [0.15, 0.2) is 0 Å². The Bertz CT molecular complexity index is 602. The summed E-state index contributed by atoms with van der Waals surface area (Å²) in [7, 11) is 0. The van der Waals surface area contributed by atoms with E-state index in [9.17, 15) is 0 Å². The number of rotatable bonds is 5. The second-order valence-electron chi connectivity index (χ2n) is 7.15. The molecule has 2 aromatic carbocycles. The highest BCUT2D eigenvalue weighted by Crippen LogP contribution is 2.38. The van der Waals surface area contributed by atoms with Gasteiger partial charge >= 0.3 is 0 Å². The molecule has 118 valence electrons. The highest BCUT2D eigenvalue weighted by Gasteiger charge is 2.22. The molecule has 0 heteroatoms. The number of aryl methyl sites for hydroxylation is 1. The molecule has 0 bridgehead atoms. The summed E-state index contributed by atoms with van der Waals surface area (Å²) in [6.07, 6.45) is 11.0. The maximum Gasteiger partial charge on any atom is -0.0162 e. The normalized spacial score (nSPS) is 22.1. The molecule has 0 N–H and O–H groups in total. The Hall–Kier alpha value is -1.30. The molecule has 3 rings (SSSR count). The van der Waals surface area contributed by atoms with Gasteiger partial charge in [-0.15, -0.1) is 0 Å². The molecule has 0 amide bonds. The van der Waals surface area contributed by atoms with E-state index in [1.807, 2.05) is 0 Å². The Balaban J connectivity index is 1.69. The summed E-state index contributed by atoms with van der Waals surface area (Å²) in [5.41, 5.74) is 3.02. The first kappa shape index (κ1) is 15.6. The molecule has 2 aromatic rings. The molecule has 0 nitrogen and oxygen atoms in total. The molecule has 1 saturated carbocycles. The van der Waals surface area contributed by atoms with Crippen molar-refractivity contribution in [2.24, 2.45) is 5.92 Å². The summed E-state index contributed by atoms with van der Waals surface area (Å²) in [6, 6.07) is 14.1. The van der Waals surface area contributed by atoms with Gasteiger partial charge in [0, 0.05) is 0 Å². The Morgan fingerprint density at radius 1 is 0.864 bits per heavy atom. The van der Waals surface area contributed by atoms with Gasteiger partial charge in [0.05, 0.1) is 0 Å². The molecular weight excluding hydrogens is 264 g/mol. The molecule has 22 heavy (non-hydrogen) atoms. The van der Waals surface area contributed by atoms with Crippen LogP contribution in [0.2, 0.25) is 0 Å². The lowest BCUT2D eigenvalue weighted by atomic mass is 9.77. The quantitative estimate of drug-likeness (QED) is 0.564. The fourth-order valence-corrected chi connectivity index (χ4v) is 4.06. The molecule has 0 unspecified atom stereocenters. The number of benzene rings is 2. The maximum absolute atomic E-state index is 2.45. The van der Waals surface area contributed by atoms with Crippen molar-refractivity contribution in [3.63, 3.8) is 0 Å². The molecule has 0 spiro atoms. The third-order valence-electron chi connectivity index (χ3n) is 5.62. The van der Waals surface area contributed by atoms with Crippen LogP contribution in [-0.4, -0.2) is 0 Å². The summed E-state index contributed by atoms with van der Waals surface area (Å²) in [5.74, 6) is 1.80. The van der Waals surface area contributed by atoms with Crippen molar-refractivity contribution in [3.8, 4) is 0 Å². The van der Waals surface area contributed by atoms with Gasteiger partial charge in [0.25, 0.3) is 0 Å². The summed E-state index contributed by atoms with van der Waals surface area (Å²) < 4.78 is 0. The number of hydrogen-bond donors (Lipinski definition) is 0. The number of unbranched alkanes of at least 4 members (excludes halogenated alkanes) is 1. The van der Waals surface area contributed by atoms with Gasteiger partial charge in [0.2, 0.25) is 0 Å². The van der Waals surface area contributed by atoms with Crippen molar-refractivity contribution in [1.82, 2.24) is 0 Å². The van der Waals surface area contributed by atoms with Crippen molar-refractivity contribution in [3.05, 3.63) is 47.5 Å². The van der Waals surface area contributed by atoms with Crippen LogP contribution in [0.25, 0.3) is 10.8 Å². The van der Waals surface area contributed by atoms with Gasteiger partial charge in [-0.05, 0) is 65.8 Å². The lowest BCUT2D eigenvalue weighted by molar-refractivity contribution is 0.304. The number of fused-ring (bicyclic) bond motifs is 1. The zero-order chi connectivity index (χ0) is 15.4. The van der Waals surface area contributed by atoms with E-state index < -0.39 is 0 Å². The predicted molar refractivity (Wildman–Crippen MR) is 97.6 cm³/mol. The standard InChI is InChI=1S/C22H30/c1-3-5-6-18-8-10-19(11-9-18)21-14-13-20-15-17(4-2)7-12-22(20)16-21/h7,12-16,18-19H,3-6,8-11H2,1-2H3/t18-,19-. The fraction of sp³-hybridized carbons (Fsp3) is 0.545. The van der Waals surface area contributed by atoms with Gasteiger partial charge in [-0.1, -0.05) is 69.5 Å². The summed E-state index contributed by atoms with van der Waals surface area (Å²) in [6.45, 7) is 4.54. The Kier molecular flexibility index (Phi) is 5.18. The van der Waals surface area contributed by atoms with E-state index in [-0.39, 0.29) is 0 Å². The molecular formula is C22H30. The van der Waals surface area contributed by atoms with E-state index in [4.69, 9.17) is 0 Å². The monoisotopic (exact) mass is 294 g/mol. The number of hydrogen-bond acceptors (Lipinski definition) is 0. The van der Waals surface area contributed by atoms with E-state index in [1.54, 1.807) is 5.56 Å². The predicted octanol–water partition coefficient (Wildman–Crippen LogP) is 6.87. The molecule has 0 saturated heterocycles. The molecule has 1 fully saturated rings. The molecule has 0 aliphatic heterocycles. The van der Waals surface area contributed by atoms with Crippen molar-refractivity contribution < 1.29 is 0 Å². The topological polar surface area (TPSA) is 0 Å². The van der Waals surface area contributed by atoms with E-state index in [1.165, 1.54) is 61.3 Å². The fourth-order valence-electron chi connectivity index (χ4n) is 4.06. The summed E-state index contributed by atoms with van der Waals surface area (Å²) in [5, 5.41) is 2.82. The Morgan fingerprint density at radius 2 is 1.59 bits per heavy atom. The first-order valence-electron chi connectivity index (χ1n) is 9.32. The first-order valence-corrected chi connectivity index (χ1v) is 9.32. The smallest absolute Gasteiger partial charge is 0.0162 e. The molecule has 0 aromatic heterocycles. The van der Waals surface area contributed by atoms with Gasteiger partial charge in [-0.3, -0.25) is 0 Å². The molecule has 1 aliphatic rings. The second kappa shape index (κ2) is 7.31. The highest BCUT2D eigenvalue weighted by atomic mass is 14.3. The first-order chi connectivity index (χ1) is 10.8. The van der Waals surface area contributed by atoms with Crippen LogP contribution in [0.15, 0.2) is 36.4 Å². The van der Waals surface area contributed by atoms with Crippen molar-refractivity contribution in [2.75, 3.05) is 0 Å². The van der Waals surface area contributed by atoms with Gasteiger partial charge < -0.3 is 0 Å². The molecule has 0 atom stereocenters. The van der Waals surface area contributed by atoms with Gasteiger partial charge in [-0.2, -0.15) is 0 Å². The van der Waals surface area contributed by atoms with Crippen molar-refractivity contribution >= 4 is 10.8 Å². The second-order valence-corrected chi connectivity index (χ2v) is 7.15. The van der Waals surface area contributed by atoms with E-state index >= 15 is 0 Å². The minimum Gasteiger partial charge on any atom is -0.0654 e. The minimum absolute atomic E-state index is 0.799. The van der Waals surface area contributed by atoms with E-state index in [0.717, 1.165) is 18.3 Å². The maximum atomic E-state index is 2.45. The SMILES string of the molecule is CCCC[C@H]1CC[C@H](c2ccc3cc(CC)ccc3c2)CC1. The van der Waals surface area contributed by atoms with Crippen LogP contribution in [0.5, 0.6) is 0 Å². The Morgan fingerprint density at radius 3 is 2.32 bits per heavy atom. The third kappa shape index (κ3) is 3.54. The Labute approximate surface area is 135 Å². The highest BCUT2D eigenvalue weighted by molar-refractivity contribution is 5.84. The third-order valence-corrected chi connectivity index (χ3v) is 5.62. The summed E-state index contributed by atoms with van der Waals surface area (Å²) >= 11 is 0. The zero-order valence-corrected chi connectivity index (χ0v) is 14.3. The van der Waals surface area contributed by atoms with Crippen LogP contribution in [0.3, 0.4) is 0 Å². The largest absolute Gasteiger partial charge is 0.0654 e. The minimum atomic E-state index is 0.799. The average molecular weight is 294 g/mol. The molecule has 0 radical (unpaired) electrons. The van der Waals surface area contributed by atoms with Gasteiger partial charge in [-0.25, -0.2) is 0 Å². The zero-order valence-electron chi connectivity index (χ0n) is 14.3. The van der Waals surface area contributed by atoms with Crippen LogP contribution in [0.1, 0.15) is 75.8 Å². The van der Waals surface area contributed by atoms with E-state index in [0.29, 0.717) is 0 Å². The van der Waals surface area contributed by atoms with Crippen molar-refractivity contribution in [2.45, 2.75) is 71.1 Å². The van der Waals surface area contributed by atoms with E-state index in [2.05, 4.69) is 50.2 Å². The molecule has 0 heterocycles. The van der Waals surface area contributed by atoms with Crippen LogP contribution in [0.4, 0.5) is 0 Å². The van der Waals surface area contributed by atoms with Crippen LogP contribution in [0, 0.1) is 5.92 Å². The lowest BCUT2D eigenvalue weighted by Gasteiger charge is -2.29. The van der Waals surface area contributed by atoms with Crippen LogP contribution < -0.4 is 0 Å². The van der Waals surface area contributed by atoms with Crippen LogP contribution >= 0.6 is 0 Å². The van der Waals surface area contributed by atoms with Gasteiger partial charge in [0.1, 0.15) is 0 Å².